The minimum Gasteiger partial charge on any atom is -0.325 e. The topological polar surface area (TPSA) is 72.2 Å². The van der Waals surface area contributed by atoms with Crippen molar-refractivity contribution < 1.29 is 9.18 Å². The fraction of sp³-hybridized carbons (Fsp3) is 0.250. The Bertz CT molecular complexity index is 893. The molecule has 1 aromatic carbocycles. The molecule has 0 aliphatic rings. The first-order chi connectivity index (χ1) is 11.4. The van der Waals surface area contributed by atoms with Gasteiger partial charge in [0.05, 0.1) is 5.25 Å². The molecular formula is C16H16FN5OS. The monoisotopic (exact) mass is 345 g/mol. The van der Waals surface area contributed by atoms with E-state index in [1.165, 1.54) is 36.0 Å². The number of aryl methyl sites for hydroxylation is 2. The highest BCUT2D eigenvalue weighted by Gasteiger charge is 2.18. The number of benzene rings is 1. The van der Waals surface area contributed by atoms with Gasteiger partial charge in [-0.25, -0.2) is 13.9 Å². The zero-order valence-electron chi connectivity index (χ0n) is 13.4. The number of anilines is 1. The lowest BCUT2D eigenvalue weighted by Gasteiger charge is -2.09. The average Bonchev–Trinajstić information content (AvgIpc) is 2.92. The fourth-order valence-corrected chi connectivity index (χ4v) is 2.93. The second-order valence-electron chi connectivity index (χ2n) is 5.40. The number of fused-ring (bicyclic) bond motifs is 1. The molecule has 1 amide bonds. The molecule has 0 spiro atoms. The number of carbonyl (C=O) groups is 1. The Labute approximate surface area is 142 Å². The smallest absolute Gasteiger partial charge is 0.253 e. The van der Waals surface area contributed by atoms with E-state index in [0.717, 1.165) is 11.4 Å². The fourth-order valence-electron chi connectivity index (χ4n) is 2.19. The van der Waals surface area contributed by atoms with Gasteiger partial charge in [0.2, 0.25) is 11.1 Å². The molecule has 3 rings (SSSR count). The van der Waals surface area contributed by atoms with Crippen molar-refractivity contribution >= 4 is 29.1 Å². The van der Waals surface area contributed by atoms with Gasteiger partial charge in [0, 0.05) is 17.1 Å². The van der Waals surface area contributed by atoms with Gasteiger partial charge >= 0.3 is 0 Å². The summed E-state index contributed by atoms with van der Waals surface area (Å²) < 4.78 is 14.5. The highest BCUT2D eigenvalue weighted by molar-refractivity contribution is 8.00. The minimum atomic E-state index is -0.408. The summed E-state index contributed by atoms with van der Waals surface area (Å²) in [5, 5.41) is 7.19. The Hall–Kier alpha value is -2.48. The van der Waals surface area contributed by atoms with Crippen LogP contribution in [0.1, 0.15) is 18.3 Å². The van der Waals surface area contributed by atoms with E-state index < -0.39 is 5.25 Å². The van der Waals surface area contributed by atoms with Crippen LogP contribution in [-0.2, 0) is 4.79 Å². The maximum Gasteiger partial charge on any atom is 0.253 e. The molecule has 0 saturated heterocycles. The number of carbonyl (C=O) groups excluding carboxylic acids is 1. The SMILES string of the molecule is Cc1cc(C)n2nc(S[C@H](C)C(=O)Nc3ccc(F)cc3)nc2n1. The third-order valence-corrected chi connectivity index (χ3v) is 4.31. The average molecular weight is 345 g/mol. The first kappa shape index (κ1) is 16.4. The van der Waals surface area contributed by atoms with Gasteiger partial charge in [-0.3, -0.25) is 4.79 Å². The van der Waals surface area contributed by atoms with Crippen LogP contribution in [0, 0.1) is 19.7 Å². The summed E-state index contributed by atoms with van der Waals surface area (Å²) in [5.41, 5.74) is 2.34. The third-order valence-electron chi connectivity index (χ3n) is 3.36. The van der Waals surface area contributed by atoms with Crippen LogP contribution in [0.25, 0.3) is 5.78 Å². The van der Waals surface area contributed by atoms with E-state index in [4.69, 9.17) is 0 Å². The Morgan fingerprint density at radius 2 is 1.96 bits per heavy atom. The molecule has 0 aliphatic carbocycles. The van der Waals surface area contributed by atoms with Crippen molar-refractivity contribution in [3.63, 3.8) is 0 Å². The molecule has 6 nitrogen and oxygen atoms in total. The van der Waals surface area contributed by atoms with Gasteiger partial charge in [-0.2, -0.15) is 4.98 Å². The van der Waals surface area contributed by atoms with Crippen molar-refractivity contribution in [2.24, 2.45) is 0 Å². The van der Waals surface area contributed by atoms with Gasteiger partial charge in [0.25, 0.3) is 5.78 Å². The molecule has 0 bridgehead atoms. The Morgan fingerprint density at radius 3 is 2.67 bits per heavy atom. The standard InChI is InChI=1S/C16H16FN5OS/c1-9-8-10(2)22-15(18-9)20-16(21-22)24-11(3)14(23)19-13-6-4-12(17)5-7-13/h4-8,11H,1-3H3,(H,19,23)/t11-/m1/s1. The predicted molar refractivity (Wildman–Crippen MR) is 90.6 cm³/mol. The van der Waals surface area contributed by atoms with E-state index >= 15 is 0 Å². The maximum atomic E-state index is 12.9. The zero-order valence-corrected chi connectivity index (χ0v) is 14.3. The lowest BCUT2D eigenvalue weighted by Crippen LogP contribution is -2.22. The van der Waals surface area contributed by atoms with E-state index in [1.54, 1.807) is 11.4 Å². The van der Waals surface area contributed by atoms with Crippen molar-refractivity contribution in [3.8, 4) is 0 Å². The minimum absolute atomic E-state index is 0.202. The van der Waals surface area contributed by atoms with Crippen molar-refractivity contribution in [2.75, 3.05) is 5.32 Å². The summed E-state index contributed by atoms with van der Waals surface area (Å²) in [6.45, 7) is 5.59. The van der Waals surface area contributed by atoms with Gasteiger partial charge in [-0.15, -0.1) is 5.10 Å². The Kier molecular flexibility index (Phi) is 4.48. The number of hydrogen-bond acceptors (Lipinski definition) is 5. The van der Waals surface area contributed by atoms with Crippen LogP contribution in [0.5, 0.6) is 0 Å². The zero-order chi connectivity index (χ0) is 17.3. The van der Waals surface area contributed by atoms with E-state index in [9.17, 15) is 9.18 Å². The summed E-state index contributed by atoms with van der Waals surface area (Å²) in [6.07, 6.45) is 0. The van der Waals surface area contributed by atoms with Crippen molar-refractivity contribution in [1.82, 2.24) is 19.6 Å². The highest BCUT2D eigenvalue weighted by atomic mass is 32.2. The number of aromatic nitrogens is 4. The van der Waals surface area contributed by atoms with Crippen LogP contribution < -0.4 is 5.32 Å². The lowest BCUT2D eigenvalue weighted by atomic mass is 10.3. The maximum absolute atomic E-state index is 12.9. The van der Waals surface area contributed by atoms with E-state index in [0.29, 0.717) is 16.6 Å². The van der Waals surface area contributed by atoms with Crippen LogP contribution in [0.4, 0.5) is 10.1 Å². The number of amides is 1. The molecule has 24 heavy (non-hydrogen) atoms. The summed E-state index contributed by atoms with van der Waals surface area (Å²) in [5.74, 6) is -0.0324. The molecule has 2 heterocycles. The van der Waals surface area contributed by atoms with Crippen LogP contribution in [0.15, 0.2) is 35.5 Å². The Balaban J connectivity index is 1.72. The number of nitrogens with one attached hydrogen (secondary N) is 1. The molecule has 3 aromatic rings. The molecule has 2 aromatic heterocycles. The molecule has 8 heteroatoms. The van der Waals surface area contributed by atoms with Gasteiger partial charge in [-0.1, -0.05) is 11.8 Å². The first-order valence-corrected chi connectivity index (χ1v) is 8.24. The molecule has 0 aliphatic heterocycles. The first-order valence-electron chi connectivity index (χ1n) is 7.36. The van der Waals surface area contributed by atoms with Crippen LogP contribution in [-0.4, -0.2) is 30.7 Å². The van der Waals surface area contributed by atoms with Crippen LogP contribution in [0.2, 0.25) is 0 Å². The predicted octanol–water partition coefficient (Wildman–Crippen LogP) is 3.00. The quantitative estimate of drug-likeness (QED) is 0.736. The molecule has 0 fully saturated rings. The summed E-state index contributed by atoms with van der Waals surface area (Å²) in [6, 6.07) is 7.55. The van der Waals surface area contributed by atoms with Gasteiger partial charge in [-0.05, 0) is 51.1 Å². The number of hydrogen-bond donors (Lipinski definition) is 1. The molecule has 0 radical (unpaired) electrons. The molecule has 1 atom stereocenters. The normalized spacial score (nSPS) is 12.3. The molecular weight excluding hydrogens is 329 g/mol. The molecule has 124 valence electrons. The van der Waals surface area contributed by atoms with Crippen molar-refractivity contribution in [3.05, 3.63) is 47.5 Å². The number of rotatable bonds is 4. The van der Waals surface area contributed by atoms with E-state index in [2.05, 4.69) is 20.4 Å². The second kappa shape index (κ2) is 6.56. The van der Waals surface area contributed by atoms with Crippen LogP contribution in [0.3, 0.4) is 0 Å². The van der Waals surface area contributed by atoms with E-state index in [1.807, 2.05) is 19.9 Å². The molecule has 1 N–H and O–H groups in total. The summed E-state index contributed by atoms with van der Waals surface area (Å²) in [7, 11) is 0. The second-order valence-corrected chi connectivity index (χ2v) is 6.71. The lowest BCUT2D eigenvalue weighted by molar-refractivity contribution is -0.115. The highest BCUT2D eigenvalue weighted by Crippen LogP contribution is 2.22. The number of nitrogens with zero attached hydrogens (tertiary/aromatic N) is 4. The van der Waals surface area contributed by atoms with Crippen molar-refractivity contribution in [1.29, 1.82) is 0 Å². The van der Waals surface area contributed by atoms with Gasteiger partial charge in [0.1, 0.15) is 5.82 Å². The molecule has 0 saturated carbocycles. The van der Waals surface area contributed by atoms with Gasteiger partial charge in [0.15, 0.2) is 0 Å². The summed E-state index contributed by atoms with van der Waals surface area (Å²) >= 11 is 1.25. The van der Waals surface area contributed by atoms with Gasteiger partial charge < -0.3 is 5.32 Å². The third kappa shape index (κ3) is 3.53. The van der Waals surface area contributed by atoms with Crippen LogP contribution >= 0.6 is 11.8 Å². The largest absolute Gasteiger partial charge is 0.325 e. The van der Waals surface area contributed by atoms with Crippen molar-refractivity contribution in [2.45, 2.75) is 31.2 Å². The Morgan fingerprint density at radius 1 is 1.25 bits per heavy atom. The number of thioether (sulfide) groups is 1. The summed E-state index contributed by atoms with van der Waals surface area (Å²) in [4.78, 5) is 20.9. The van der Waals surface area contributed by atoms with E-state index in [-0.39, 0.29) is 11.7 Å². The number of halogens is 1. The molecule has 0 unspecified atom stereocenters.